The minimum Gasteiger partial charge on any atom is -0.373 e. The molecular formula is C11H10FN5O. The van der Waals surface area contributed by atoms with Crippen LogP contribution >= 0.6 is 0 Å². The second-order valence-corrected chi connectivity index (χ2v) is 4.03. The average molecular weight is 247 g/mol. The van der Waals surface area contributed by atoms with Gasteiger partial charge in [0.05, 0.1) is 0 Å². The lowest BCUT2D eigenvalue weighted by Gasteiger charge is -2.09. The fraction of sp³-hybridized carbons (Fsp3) is 0.182. The number of nitrogens with one attached hydrogen (secondary N) is 3. The number of amides is 1. The first kappa shape index (κ1) is 10.7. The zero-order chi connectivity index (χ0) is 12.5. The summed E-state index contributed by atoms with van der Waals surface area (Å²) in [4.78, 5) is 15.7. The Kier molecular flexibility index (Phi) is 2.44. The van der Waals surface area contributed by atoms with E-state index in [0.717, 1.165) is 11.3 Å². The van der Waals surface area contributed by atoms with Crippen LogP contribution in [-0.2, 0) is 11.2 Å². The van der Waals surface area contributed by atoms with Gasteiger partial charge < -0.3 is 5.32 Å². The Morgan fingerprint density at radius 3 is 3.17 bits per heavy atom. The molecule has 0 saturated carbocycles. The normalized spacial score (nSPS) is 17.1. The largest absolute Gasteiger partial charge is 0.373 e. The standard InChI is InChI=1S/C11H10FN5O/c12-7-1-2-8-6(3-7)4-9(15-8)10(18)16-11-13-5-14-17-11/h1-3,5,9,15H,4H2,(H2,13,14,16,17,18). The minimum atomic E-state index is -0.424. The van der Waals surface area contributed by atoms with Crippen LogP contribution in [0.4, 0.5) is 16.0 Å². The van der Waals surface area contributed by atoms with E-state index in [-0.39, 0.29) is 11.7 Å². The molecule has 0 aliphatic carbocycles. The molecule has 0 saturated heterocycles. The van der Waals surface area contributed by atoms with Gasteiger partial charge in [-0.3, -0.25) is 10.1 Å². The number of carbonyl (C=O) groups is 1. The van der Waals surface area contributed by atoms with Gasteiger partial charge in [0, 0.05) is 12.1 Å². The molecule has 92 valence electrons. The molecule has 1 aliphatic rings. The Morgan fingerprint density at radius 1 is 1.50 bits per heavy atom. The van der Waals surface area contributed by atoms with Crippen LogP contribution in [0.2, 0.25) is 0 Å². The number of rotatable bonds is 2. The smallest absolute Gasteiger partial charge is 0.249 e. The van der Waals surface area contributed by atoms with Gasteiger partial charge in [0.15, 0.2) is 0 Å². The highest BCUT2D eigenvalue weighted by Gasteiger charge is 2.27. The molecule has 1 unspecified atom stereocenters. The summed E-state index contributed by atoms with van der Waals surface area (Å²) < 4.78 is 13.0. The third-order valence-corrected chi connectivity index (χ3v) is 2.79. The Bertz CT molecular complexity index is 583. The average Bonchev–Trinajstić information content (AvgIpc) is 2.96. The predicted molar refractivity (Wildman–Crippen MR) is 62.5 cm³/mol. The van der Waals surface area contributed by atoms with E-state index in [4.69, 9.17) is 0 Å². The van der Waals surface area contributed by atoms with E-state index in [2.05, 4.69) is 25.8 Å². The number of H-pyrrole nitrogens is 1. The minimum absolute atomic E-state index is 0.233. The second-order valence-electron chi connectivity index (χ2n) is 4.03. The second kappa shape index (κ2) is 4.10. The van der Waals surface area contributed by atoms with Crippen LogP contribution in [-0.4, -0.2) is 27.1 Å². The molecule has 1 aromatic carbocycles. The zero-order valence-electron chi connectivity index (χ0n) is 9.27. The molecule has 0 spiro atoms. The first-order valence-electron chi connectivity index (χ1n) is 5.43. The lowest BCUT2D eigenvalue weighted by atomic mass is 10.1. The molecule has 1 aromatic heterocycles. The number of anilines is 2. The van der Waals surface area contributed by atoms with Crippen molar-refractivity contribution >= 4 is 17.5 Å². The van der Waals surface area contributed by atoms with Gasteiger partial charge in [-0.15, -0.1) is 0 Å². The summed E-state index contributed by atoms with van der Waals surface area (Å²) in [5.41, 5.74) is 1.59. The Labute approximate surface area is 102 Å². The molecule has 0 radical (unpaired) electrons. The van der Waals surface area contributed by atoms with E-state index in [9.17, 15) is 9.18 Å². The Balaban J connectivity index is 1.72. The van der Waals surface area contributed by atoms with E-state index in [1.165, 1.54) is 18.5 Å². The molecule has 7 heteroatoms. The van der Waals surface area contributed by atoms with Gasteiger partial charge in [-0.25, -0.2) is 9.49 Å². The third-order valence-electron chi connectivity index (χ3n) is 2.79. The van der Waals surface area contributed by atoms with E-state index in [1.807, 2.05) is 0 Å². The summed E-state index contributed by atoms with van der Waals surface area (Å²) in [5, 5.41) is 11.8. The van der Waals surface area contributed by atoms with Crippen LogP contribution in [0.3, 0.4) is 0 Å². The SMILES string of the molecule is O=C(Nc1ncn[nH]1)C1Cc2cc(F)ccc2N1. The van der Waals surface area contributed by atoms with Crippen LogP contribution in [0.15, 0.2) is 24.5 Å². The van der Waals surface area contributed by atoms with Crippen molar-refractivity contribution in [1.82, 2.24) is 15.2 Å². The molecule has 6 nitrogen and oxygen atoms in total. The van der Waals surface area contributed by atoms with Gasteiger partial charge in [-0.05, 0) is 23.8 Å². The lowest BCUT2D eigenvalue weighted by Crippen LogP contribution is -2.33. The number of fused-ring (bicyclic) bond motifs is 1. The first-order chi connectivity index (χ1) is 8.72. The molecule has 2 heterocycles. The predicted octanol–water partition coefficient (Wildman–Crippen LogP) is 0.919. The van der Waals surface area contributed by atoms with Gasteiger partial charge in [0.2, 0.25) is 11.9 Å². The third kappa shape index (κ3) is 1.90. The van der Waals surface area contributed by atoms with Gasteiger partial charge in [-0.2, -0.15) is 10.1 Å². The highest BCUT2D eigenvalue weighted by Crippen LogP contribution is 2.26. The van der Waals surface area contributed by atoms with Crippen molar-refractivity contribution in [3.8, 4) is 0 Å². The highest BCUT2D eigenvalue weighted by atomic mass is 19.1. The van der Waals surface area contributed by atoms with Crippen LogP contribution in [0.1, 0.15) is 5.56 Å². The van der Waals surface area contributed by atoms with Crippen molar-refractivity contribution in [3.63, 3.8) is 0 Å². The number of aromatic amines is 1. The number of aromatic nitrogens is 3. The number of hydrogen-bond acceptors (Lipinski definition) is 4. The number of halogens is 1. The summed E-state index contributed by atoms with van der Waals surface area (Å²) in [6, 6.07) is 4.01. The molecule has 1 aliphatic heterocycles. The van der Waals surface area contributed by atoms with Gasteiger partial charge in [0.25, 0.3) is 0 Å². The maximum Gasteiger partial charge on any atom is 0.249 e. The quantitative estimate of drug-likeness (QED) is 0.737. The van der Waals surface area contributed by atoms with Crippen molar-refractivity contribution < 1.29 is 9.18 Å². The summed E-state index contributed by atoms with van der Waals surface area (Å²) >= 11 is 0. The van der Waals surface area contributed by atoms with Gasteiger partial charge in [0.1, 0.15) is 18.2 Å². The van der Waals surface area contributed by atoms with Gasteiger partial charge in [-0.1, -0.05) is 0 Å². The fourth-order valence-corrected chi connectivity index (χ4v) is 1.96. The molecule has 0 bridgehead atoms. The molecule has 18 heavy (non-hydrogen) atoms. The molecule has 3 N–H and O–H groups in total. The molecular weight excluding hydrogens is 237 g/mol. The molecule has 2 aromatic rings. The maximum absolute atomic E-state index is 13.0. The van der Waals surface area contributed by atoms with Crippen LogP contribution in [0.25, 0.3) is 0 Å². The van der Waals surface area contributed by atoms with E-state index < -0.39 is 6.04 Å². The number of carbonyl (C=O) groups excluding carboxylic acids is 1. The topological polar surface area (TPSA) is 82.7 Å². The monoisotopic (exact) mass is 247 g/mol. The molecule has 3 rings (SSSR count). The fourth-order valence-electron chi connectivity index (χ4n) is 1.96. The van der Waals surface area contributed by atoms with Crippen molar-refractivity contribution in [2.45, 2.75) is 12.5 Å². The van der Waals surface area contributed by atoms with Crippen LogP contribution in [0.5, 0.6) is 0 Å². The summed E-state index contributed by atoms with van der Waals surface area (Å²) in [5.74, 6) is -0.237. The lowest BCUT2D eigenvalue weighted by molar-refractivity contribution is -0.116. The Hall–Kier alpha value is -2.44. The van der Waals surface area contributed by atoms with Crippen LogP contribution < -0.4 is 10.6 Å². The molecule has 0 fully saturated rings. The van der Waals surface area contributed by atoms with Crippen LogP contribution in [0, 0.1) is 5.82 Å². The van der Waals surface area contributed by atoms with E-state index in [0.29, 0.717) is 12.4 Å². The number of nitrogens with zero attached hydrogens (tertiary/aromatic N) is 2. The zero-order valence-corrected chi connectivity index (χ0v) is 9.27. The highest BCUT2D eigenvalue weighted by molar-refractivity contribution is 5.96. The van der Waals surface area contributed by atoms with E-state index >= 15 is 0 Å². The van der Waals surface area contributed by atoms with E-state index in [1.54, 1.807) is 6.07 Å². The first-order valence-corrected chi connectivity index (χ1v) is 5.43. The maximum atomic E-state index is 13.0. The van der Waals surface area contributed by atoms with Gasteiger partial charge >= 0.3 is 0 Å². The summed E-state index contributed by atoms with van der Waals surface area (Å²) in [6.45, 7) is 0. The number of hydrogen-bond donors (Lipinski definition) is 3. The number of benzene rings is 1. The molecule has 1 amide bonds. The summed E-state index contributed by atoms with van der Waals surface area (Å²) in [7, 11) is 0. The summed E-state index contributed by atoms with van der Waals surface area (Å²) in [6.07, 6.45) is 1.76. The van der Waals surface area contributed by atoms with Crippen molar-refractivity contribution in [1.29, 1.82) is 0 Å². The van der Waals surface area contributed by atoms with Crippen molar-refractivity contribution in [3.05, 3.63) is 35.9 Å². The Morgan fingerprint density at radius 2 is 2.39 bits per heavy atom. The van der Waals surface area contributed by atoms with Crippen molar-refractivity contribution in [2.75, 3.05) is 10.6 Å². The van der Waals surface area contributed by atoms with Crippen molar-refractivity contribution in [2.24, 2.45) is 0 Å². The molecule has 1 atom stereocenters.